The molecular weight excluding hydrogens is 328 g/mol. The summed E-state index contributed by atoms with van der Waals surface area (Å²) in [6, 6.07) is 6.87. The van der Waals surface area contributed by atoms with E-state index in [2.05, 4.69) is 5.32 Å². The smallest absolute Gasteiger partial charge is 0.240 e. The highest BCUT2D eigenvalue weighted by Crippen LogP contribution is 2.60. The number of methoxy groups -OCH3 is 1. The monoisotopic (exact) mass is 356 g/mol. The Morgan fingerprint density at radius 2 is 1.81 bits per heavy atom. The maximum absolute atomic E-state index is 13.2. The molecule has 0 unspecified atom stereocenters. The SMILES string of the molecule is COc1cccc(C[C@@H](NC(=O)C23CC4CC(CC(C4)C2)C3)C(N)=O)c1. The first-order valence-electron chi connectivity index (χ1n) is 9.70. The van der Waals surface area contributed by atoms with Gasteiger partial charge in [0.1, 0.15) is 11.8 Å². The Morgan fingerprint density at radius 1 is 1.19 bits per heavy atom. The number of hydrogen-bond donors (Lipinski definition) is 2. The second-order valence-corrected chi connectivity index (χ2v) is 8.68. The van der Waals surface area contributed by atoms with Gasteiger partial charge < -0.3 is 15.8 Å². The normalized spacial score (nSPS) is 32.9. The van der Waals surface area contributed by atoms with Crippen LogP contribution in [0, 0.1) is 23.2 Å². The summed E-state index contributed by atoms with van der Waals surface area (Å²) in [5, 5.41) is 3.01. The number of hydrogen-bond acceptors (Lipinski definition) is 3. The van der Waals surface area contributed by atoms with E-state index >= 15 is 0 Å². The molecule has 5 nitrogen and oxygen atoms in total. The molecular formula is C21H28N2O3. The number of nitrogens with two attached hydrogens (primary N) is 1. The van der Waals surface area contributed by atoms with E-state index in [9.17, 15) is 9.59 Å². The van der Waals surface area contributed by atoms with Gasteiger partial charge in [-0.1, -0.05) is 12.1 Å². The number of carbonyl (C=O) groups is 2. The number of primary amides is 1. The fourth-order valence-electron chi connectivity index (χ4n) is 5.96. The van der Waals surface area contributed by atoms with Crippen molar-refractivity contribution in [2.24, 2.45) is 28.9 Å². The lowest BCUT2D eigenvalue weighted by molar-refractivity contribution is -0.148. The molecule has 0 aliphatic heterocycles. The van der Waals surface area contributed by atoms with Gasteiger partial charge in [-0.15, -0.1) is 0 Å². The standard InChI is InChI=1S/C21H28N2O3/c1-26-17-4-2-3-13(8-17)9-18(19(22)24)23-20(25)21-10-14-5-15(11-21)7-16(6-14)12-21/h2-4,8,14-16,18H,5-7,9-12H2,1H3,(H2,22,24)(H,23,25)/t14?,15?,16?,18-,21?/m1/s1. The number of benzene rings is 1. The molecule has 2 amide bonds. The number of carbonyl (C=O) groups excluding carboxylic acids is 2. The molecule has 140 valence electrons. The predicted octanol–water partition coefficient (Wildman–Crippen LogP) is 2.42. The average molecular weight is 356 g/mol. The van der Waals surface area contributed by atoms with Gasteiger partial charge in [-0.25, -0.2) is 0 Å². The maximum atomic E-state index is 13.2. The van der Waals surface area contributed by atoms with Crippen LogP contribution in [0.25, 0.3) is 0 Å². The minimum absolute atomic E-state index is 0.0447. The molecule has 4 fully saturated rings. The number of rotatable bonds is 6. The van der Waals surface area contributed by atoms with E-state index < -0.39 is 11.9 Å². The highest BCUT2D eigenvalue weighted by Gasteiger charge is 2.54. The molecule has 5 heteroatoms. The largest absolute Gasteiger partial charge is 0.497 e. The quantitative estimate of drug-likeness (QED) is 0.821. The molecule has 4 aliphatic rings. The maximum Gasteiger partial charge on any atom is 0.240 e. The zero-order valence-electron chi connectivity index (χ0n) is 15.4. The van der Waals surface area contributed by atoms with Crippen LogP contribution in [0.3, 0.4) is 0 Å². The van der Waals surface area contributed by atoms with E-state index in [4.69, 9.17) is 10.5 Å². The first-order chi connectivity index (χ1) is 12.5. The summed E-state index contributed by atoms with van der Waals surface area (Å²) in [5.41, 5.74) is 6.27. The molecule has 1 aromatic rings. The lowest BCUT2D eigenvalue weighted by Crippen LogP contribution is -2.57. The lowest BCUT2D eigenvalue weighted by Gasteiger charge is -2.55. The molecule has 4 aliphatic carbocycles. The van der Waals surface area contributed by atoms with Gasteiger partial charge >= 0.3 is 0 Å². The van der Waals surface area contributed by atoms with E-state index in [0.717, 1.165) is 30.6 Å². The minimum atomic E-state index is -0.678. The third kappa shape index (κ3) is 3.19. The van der Waals surface area contributed by atoms with E-state index in [1.54, 1.807) is 7.11 Å². The molecule has 4 bridgehead atoms. The molecule has 0 saturated heterocycles. The fraction of sp³-hybridized carbons (Fsp3) is 0.619. The molecule has 3 N–H and O–H groups in total. The zero-order valence-corrected chi connectivity index (χ0v) is 15.4. The molecule has 26 heavy (non-hydrogen) atoms. The summed E-state index contributed by atoms with van der Waals surface area (Å²) in [4.78, 5) is 25.2. The van der Waals surface area contributed by atoms with Gasteiger partial charge in [-0.05, 0) is 74.0 Å². The first-order valence-corrected chi connectivity index (χ1v) is 9.70. The van der Waals surface area contributed by atoms with Crippen molar-refractivity contribution >= 4 is 11.8 Å². The minimum Gasteiger partial charge on any atom is -0.497 e. The fourth-order valence-corrected chi connectivity index (χ4v) is 5.96. The topological polar surface area (TPSA) is 81.4 Å². The Kier molecular flexibility index (Phi) is 4.41. The number of amides is 2. The molecule has 4 saturated carbocycles. The molecule has 1 aromatic carbocycles. The molecule has 5 rings (SSSR count). The average Bonchev–Trinajstić information content (AvgIpc) is 2.60. The Balaban J connectivity index is 1.48. The summed E-state index contributed by atoms with van der Waals surface area (Å²) >= 11 is 0. The molecule has 0 aromatic heterocycles. The highest BCUT2D eigenvalue weighted by atomic mass is 16.5. The van der Waals surface area contributed by atoms with Crippen LogP contribution in [-0.4, -0.2) is 25.0 Å². The van der Waals surface area contributed by atoms with Gasteiger partial charge in [0.2, 0.25) is 11.8 Å². The first kappa shape index (κ1) is 17.4. The van der Waals surface area contributed by atoms with Crippen molar-refractivity contribution in [3.63, 3.8) is 0 Å². The van der Waals surface area contributed by atoms with Crippen LogP contribution in [0.1, 0.15) is 44.1 Å². The van der Waals surface area contributed by atoms with Crippen molar-refractivity contribution in [1.82, 2.24) is 5.32 Å². The Morgan fingerprint density at radius 3 is 2.35 bits per heavy atom. The van der Waals surface area contributed by atoms with Crippen molar-refractivity contribution in [2.75, 3.05) is 7.11 Å². The second-order valence-electron chi connectivity index (χ2n) is 8.68. The Hall–Kier alpha value is -2.04. The van der Waals surface area contributed by atoms with Crippen molar-refractivity contribution in [1.29, 1.82) is 0 Å². The van der Waals surface area contributed by atoms with Crippen LogP contribution in [0.15, 0.2) is 24.3 Å². The van der Waals surface area contributed by atoms with Crippen molar-refractivity contribution < 1.29 is 14.3 Å². The van der Waals surface area contributed by atoms with Crippen LogP contribution < -0.4 is 15.8 Å². The molecule has 0 spiro atoms. The van der Waals surface area contributed by atoms with Crippen LogP contribution in [0.4, 0.5) is 0 Å². The van der Waals surface area contributed by atoms with Crippen LogP contribution in [-0.2, 0) is 16.0 Å². The summed E-state index contributed by atoms with van der Waals surface area (Å²) in [6.45, 7) is 0. The summed E-state index contributed by atoms with van der Waals surface area (Å²) < 4.78 is 5.24. The van der Waals surface area contributed by atoms with E-state index in [0.29, 0.717) is 24.2 Å². The molecule has 1 atom stereocenters. The van der Waals surface area contributed by atoms with Crippen LogP contribution in [0.5, 0.6) is 5.75 Å². The van der Waals surface area contributed by atoms with Crippen molar-refractivity contribution in [3.05, 3.63) is 29.8 Å². The Bertz CT molecular complexity index is 680. The third-order valence-corrected chi connectivity index (χ3v) is 6.74. The van der Waals surface area contributed by atoms with Crippen molar-refractivity contribution in [2.45, 2.75) is 51.0 Å². The summed E-state index contributed by atoms with van der Waals surface area (Å²) in [7, 11) is 1.61. The summed E-state index contributed by atoms with van der Waals surface area (Å²) in [6.07, 6.45) is 7.20. The van der Waals surface area contributed by atoms with Gasteiger partial charge in [-0.3, -0.25) is 9.59 Å². The van der Waals surface area contributed by atoms with E-state index in [1.807, 2.05) is 24.3 Å². The van der Waals surface area contributed by atoms with Gasteiger partial charge in [0.05, 0.1) is 7.11 Å². The van der Waals surface area contributed by atoms with E-state index in [-0.39, 0.29) is 11.3 Å². The van der Waals surface area contributed by atoms with Gasteiger partial charge in [0.25, 0.3) is 0 Å². The molecule has 0 radical (unpaired) electrons. The van der Waals surface area contributed by atoms with Gasteiger partial charge in [0.15, 0.2) is 0 Å². The zero-order chi connectivity index (χ0) is 18.3. The second kappa shape index (κ2) is 6.60. The van der Waals surface area contributed by atoms with Crippen LogP contribution in [0.2, 0.25) is 0 Å². The Labute approximate surface area is 154 Å². The molecule has 0 heterocycles. The van der Waals surface area contributed by atoms with E-state index in [1.165, 1.54) is 19.3 Å². The third-order valence-electron chi connectivity index (χ3n) is 6.74. The lowest BCUT2D eigenvalue weighted by atomic mass is 9.49. The highest BCUT2D eigenvalue weighted by molar-refractivity contribution is 5.90. The van der Waals surface area contributed by atoms with Crippen molar-refractivity contribution in [3.8, 4) is 5.75 Å². The number of nitrogens with one attached hydrogen (secondary N) is 1. The van der Waals surface area contributed by atoms with Gasteiger partial charge in [0, 0.05) is 11.8 Å². The van der Waals surface area contributed by atoms with Gasteiger partial charge in [-0.2, -0.15) is 0 Å². The summed E-state index contributed by atoms with van der Waals surface area (Å²) in [5.74, 6) is 2.37. The number of ether oxygens (including phenoxy) is 1. The predicted molar refractivity (Wildman–Crippen MR) is 98.4 cm³/mol. The van der Waals surface area contributed by atoms with Crippen LogP contribution >= 0.6 is 0 Å².